The van der Waals surface area contributed by atoms with Gasteiger partial charge >= 0.3 is 7.82 Å². The fourth-order valence-electron chi connectivity index (χ4n) is 2.15. The molecule has 0 spiro atoms. The first-order chi connectivity index (χ1) is 10.1. The molecule has 5 nitrogen and oxygen atoms in total. The third-order valence-electron chi connectivity index (χ3n) is 3.58. The van der Waals surface area contributed by atoms with Crippen LogP contribution < -0.4 is 0 Å². The lowest BCUT2D eigenvalue weighted by atomic mass is 10.1. The minimum Gasteiger partial charge on any atom is -0.371 e. The molecule has 1 N–H and O–H groups in total. The van der Waals surface area contributed by atoms with Gasteiger partial charge < -0.3 is 9.63 Å². The van der Waals surface area contributed by atoms with Gasteiger partial charge in [-0.05, 0) is 6.42 Å². The van der Waals surface area contributed by atoms with Gasteiger partial charge in [0.05, 0.1) is 19.8 Å². The summed E-state index contributed by atoms with van der Waals surface area (Å²) in [7, 11) is -3.86. The van der Waals surface area contributed by atoms with Crippen molar-refractivity contribution in [3.05, 3.63) is 0 Å². The monoisotopic (exact) mass is 322 g/mol. The highest BCUT2D eigenvalue weighted by atomic mass is 31.2. The molecule has 1 aliphatic rings. The van der Waals surface area contributed by atoms with Crippen LogP contribution in [0.5, 0.6) is 0 Å². The minimum atomic E-state index is -3.86. The molecule has 0 amide bonds. The van der Waals surface area contributed by atoms with Crippen LogP contribution in [0.1, 0.15) is 71.1 Å². The van der Waals surface area contributed by atoms with Crippen molar-refractivity contribution in [2.45, 2.75) is 77.2 Å². The minimum absolute atomic E-state index is 0.0219. The van der Waals surface area contributed by atoms with E-state index in [2.05, 4.69) is 6.92 Å². The molecule has 1 aliphatic heterocycles. The molecule has 2 atom stereocenters. The fourth-order valence-corrected chi connectivity index (χ4v) is 2.94. The molecule has 2 unspecified atom stereocenters. The second-order valence-corrected chi connectivity index (χ2v) is 7.19. The number of hydrogen-bond acceptors (Lipinski definition) is 4. The molecule has 21 heavy (non-hydrogen) atoms. The van der Waals surface area contributed by atoms with Crippen molar-refractivity contribution < 1.29 is 23.2 Å². The summed E-state index contributed by atoms with van der Waals surface area (Å²) in [5.41, 5.74) is 0. The number of rotatable bonds is 15. The molecular formula is C15H31O5P. The largest absolute Gasteiger partial charge is 0.472 e. The molecule has 0 aromatic rings. The molecule has 126 valence electrons. The molecule has 1 rings (SSSR count). The molecule has 0 bridgehead atoms. The maximum Gasteiger partial charge on any atom is 0.472 e. The Morgan fingerprint density at radius 3 is 2.05 bits per heavy atom. The van der Waals surface area contributed by atoms with Crippen molar-refractivity contribution in [2.24, 2.45) is 0 Å². The van der Waals surface area contributed by atoms with E-state index < -0.39 is 7.82 Å². The second-order valence-electron chi connectivity index (χ2n) is 5.73. The van der Waals surface area contributed by atoms with Gasteiger partial charge in [0.1, 0.15) is 6.10 Å². The Morgan fingerprint density at radius 1 is 1.00 bits per heavy atom. The van der Waals surface area contributed by atoms with Crippen LogP contribution in [0.2, 0.25) is 0 Å². The Balaban J connectivity index is 1.79. The molecule has 0 aromatic heterocycles. The lowest BCUT2D eigenvalue weighted by Gasteiger charge is -2.11. The summed E-state index contributed by atoms with van der Waals surface area (Å²) in [5.74, 6) is 0. The van der Waals surface area contributed by atoms with E-state index in [0.29, 0.717) is 6.61 Å². The zero-order chi connectivity index (χ0) is 15.4. The molecule has 0 radical (unpaired) electrons. The zero-order valence-electron chi connectivity index (χ0n) is 13.3. The van der Waals surface area contributed by atoms with Crippen molar-refractivity contribution >= 4 is 7.82 Å². The third-order valence-corrected chi connectivity index (χ3v) is 4.56. The number of ether oxygens (including phenoxy) is 1. The first-order valence-electron chi connectivity index (χ1n) is 8.37. The molecule has 6 heteroatoms. The van der Waals surface area contributed by atoms with E-state index in [4.69, 9.17) is 13.8 Å². The maximum atomic E-state index is 11.5. The molecule has 0 aliphatic carbocycles. The fraction of sp³-hybridized carbons (Fsp3) is 1.00. The van der Waals surface area contributed by atoms with E-state index in [9.17, 15) is 9.46 Å². The van der Waals surface area contributed by atoms with E-state index in [0.717, 1.165) is 12.8 Å². The Morgan fingerprint density at radius 2 is 1.52 bits per heavy atom. The van der Waals surface area contributed by atoms with Crippen LogP contribution in [-0.4, -0.2) is 30.8 Å². The van der Waals surface area contributed by atoms with E-state index >= 15 is 0 Å². The van der Waals surface area contributed by atoms with Gasteiger partial charge in [0.2, 0.25) is 0 Å². The summed E-state index contributed by atoms with van der Waals surface area (Å²) < 4.78 is 26.1. The van der Waals surface area contributed by atoms with Gasteiger partial charge in [0, 0.05) is 0 Å². The van der Waals surface area contributed by atoms with Crippen molar-refractivity contribution in [1.29, 1.82) is 0 Å². The quantitative estimate of drug-likeness (QED) is 0.274. The summed E-state index contributed by atoms with van der Waals surface area (Å²) in [4.78, 5) is 9.39. The van der Waals surface area contributed by atoms with Crippen molar-refractivity contribution in [3.63, 3.8) is 0 Å². The summed E-state index contributed by atoms with van der Waals surface area (Å²) in [6.07, 6.45) is 12.2. The molecule has 1 saturated heterocycles. The van der Waals surface area contributed by atoms with Gasteiger partial charge in [-0.2, -0.15) is 0 Å². The van der Waals surface area contributed by atoms with E-state index in [-0.39, 0.29) is 19.3 Å². The first kappa shape index (κ1) is 19.1. The van der Waals surface area contributed by atoms with Crippen LogP contribution in [0.15, 0.2) is 0 Å². The van der Waals surface area contributed by atoms with Gasteiger partial charge in [0.25, 0.3) is 0 Å². The van der Waals surface area contributed by atoms with E-state index in [1.165, 1.54) is 51.4 Å². The van der Waals surface area contributed by atoms with E-state index in [1.54, 1.807) is 0 Å². The van der Waals surface area contributed by atoms with Crippen molar-refractivity contribution in [3.8, 4) is 0 Å². The number of unbranched alkanes of at least 4 members (excludes halogenated alkanes) is 9. The molecular weight excluding hydrogens is 291 g/mol. The normalized spacial score (nSPS) is 20.4. The molecule has 1 heterocycles. The van der Waals surface area contributed by atoms with Gasteiger partial charge in [-0.1, -0.05) is 64.7 Å². The first-order valence-corrected chi connectivity index (χ1v) is 9.87. The highest BCUT2D eigenvalue weighted by molar-refractivity contribution is 7.47. The van der Waals surface area contributed by atoms with Gasteiger partial charge in [-0.25, -0.2) is 4.57 Å². The van der Waals surface area contributed by atoms with Crippen LogP contribution in [0.4, 0.5) is 0 Å². The summed E-state index contributed by atoms with van der Waals surface area (Å²) in [5, 5.41) is 0. The molecule has 0 aromatic carbocycles. The lowest BCUT2D eigenvalue weighted by Crippen LogP contribution is -2.02. The summed E-state index contributed by atoms with van der Waals surface area (Å²) in [6, 6.07) is 0. The topological polar surface area (TPSA) is 68.3 Å². The second kappa shape index (κ2) is 11.6. The van der Waals surface area contributed by atoms with Gasteiger partial charge in [0.15, 0.2) is 0 Å². The Bertz CT molecular complexity index is 294. The van der Waals surface area contributed by atoms with Crippen molar-refractivity contribution in [1.82, 2.24) is 0 Å². The standard InChI is InChI=1S/C15H31O5P/c1-2-3-4-5-6-7-8-9-10-11-12-19-21(16,17)20-14-15-13-18-15/h15H,2-14H2,1H3,(H,16,17). The van der Waals surface area contributed by atoms with Crippen LogP contribution in [0.3, 0.4) is 0 Å². The molecule has 1 fully saturated rings. The number of phosphoric ester groups is 1. The van der Waals surface area contributed by atoms with Gasteiger partial charge in [-0.3, -0.25) is 9.05 Å². The van der Waals surface area contributed by atoms with Crippen LogP contribution in [0, 0.1) is 0 Å². The number of phosphoric acid groups is 1. The highest BCUT2D eigenvalue weighted by Crippen LogP contribution is 2.44. The lowest BCUT2D eigenvalue weighted by molar-refractivity contribution is 0.138. The van der Waals surface area contributed by atoms with Crippen LogP contribution in [-0.2, 0) is 18.3 Å². The van der Waals surface area contributed by atoms with Crippen molar-refractivity contribution in [2.75, 3.05) is 19.8 Å². The van der Waals surface area contributed by atoms with Crippen LogP contribution in [0.25, 0.3) is 0 Å². The maximum absolute atomic E-state index is 11.5. The Labute approximate surface area is 129 Å². The predicted octanol–water partition coefficient (Wildman–Crippen LogP) is 4.44. The van der Waals surface area contributed by atoms with E-state index in [1.807, 2.05) is 0 Å². The van der Waals surface area contributed by atoms with Crippen LogP contribution >= 0.6 is 7.82 Å². The average molecular weight is 322 g/mol. The number of epoxide rings is 1. The third kappa shape index (κ3) is 12.3. The summed E-state index contributed by atoms with van der Waals surface area (Å²) >= 11 is 0. The van der Waals surface area contributed by atoms with Gasteiger partial charge in [-0.15, -0.1) is 0 Å². The SMILES string of the molecule is CCCCCCCCCCCCOP(=O)(O)OCC1CO1. The summed E-state index contributed by atoms with van der Waals surface area (Å²) in [6.45, 7) is 3.28. The Hall–Kier alpha value is 0.0700. The zero-order valence-corrected chi connectivity index (χ0v) is 14.2. The number of hydrogen-bond donors (Lipinski definition) is 1. The average Bonchev–Trinajstić information content (AvgIpc) is 3.27. The molecule has 0 saturated carbocycles. The highest BCUT2D eigenvalue weighted by Gasteiger charge is 2.28. The predicted molar refractivity (Wildman–Crippen MR) is 83.3 cm³/mol. The smallest absolute Gasteiger partial charge is 0.371 e. The Kier molecular flexibility index (Phi) is 10.6.